The molecular formula is C11H9F3N2O3. The molecular weight excluding hydrogens is 265 g/mol. The van der Waals surface area contributed by atoms with Crippen LogP contribution in [0.3, 0.4) is 0 Å². The summed E-state index contributed by atoms with van der Waals surface area (Å²) in [6, 6.07) is 4.91. The van der Waals surface area contributed by atoms with Gasteiger partial charge in [0, 0.05) is 6.07 Å². The van der Waals surface area contributed by atoms with Crippen molar-refractivity contribution in [3.8, 4) is 11.8 Å². The number of nitrogens with zero attached hydrogens (tertiary/aromatic N) is 2. The molecule has 1 aromatic rings. The summed E-state index contributed by atoms with van der Waals surface area (Å²) in [6.07, 6.45) is -4.69. The predicted octanol–water partition coefficient (Wildman–Crippen LogP) is 2.98. The topological polar surface area (TPSA) is 76.2 Å². The minimum absolute atomic E-state index is 0.0429. The molecule has 8 heteroatoms. The largest absolute Gasteiger partial charge is 0.491 e. The first-order valence-corrected chi connectivity index (χ1v) is 5.10. The fraction of sp³-hybridized carbons (Fsp3) is 0.364. The van der Waals surface area contributed by atoms with Crippen molar-refractivity contribution in [2.24, 2.45) is 5.92 Å². The number of alkyl halides is 3. The highest BCUT2D eigenvalue weighted by Gasteiger charge is 2.40. The van der Waals surface area contributed by atoms with Gasteiger partial charge >= 0.3 is 6.18 Å². The normalized spacial score (nSPS) is 12.6. The van der Waals surface area contributed by atoms with E-state index in [2.05, 4.69) is 0 Å². The standard InChI is InChI=1S/C11H9F3N2O3/c1-7-9(16(17)18)3-2-4-10(7)19-6-8(5-15)11(12,13)14/h2-4,8H,6H2,1H3. The van der Waals surface area contributed by atoms with Crippen LogP contribution in [0.1, 0.15) is 5.56 Å². The number of nitro benzene ring substituents is 1. The summed E-state index contributed by atoms with van der Waals surface area (Å²) in [7, 11) is 0. The summed E-state index contributed by atoms with van der Waals surface area (Å²) in [6.45, 7) is 0.463. The van der Waals surface area contributed by atoms with Crippen LogP contribution < -0.4 is 4.74 Å². The third-order valence-corrected chi connectivity index (χ3v) is 2.41. The van der Waals surface area contributed by atoms with Crippen LogP contribution in [-0.2, 0) is 0 Å². The molecule has 0 aliphatic rings. The Kier molecular flexibility index (Phi) is 4.32. The molecule has 0 spiro atoms. The first-order chi connectivity index (χ1) is 8.77. The van der Waals surface area contributed by atoms with Crippen molar-refractivity contribution in [2.45, 2.75) is 13.1 Å². The van der Waals surface area contributed by atoms with E-state index in [0.29, 0.717) is 0 Å². The van der Waals surface area contributed by atoms with E-state index in [4.69, 9.17) is 10.00 Å². The van der Waals surface area contributed by atoms with Gasteiger partial charge in [0.25, 0.3) is 5.69 Å². The second kappa shape index (κ2) is 5.56. The Morgan fingerprint density at radius 3 is 2.63 bits per heavy atom. The van der Waals surface area contributed by atoms with Crippen LogP contribution in [0.2, 0.25) is 0 Å². The first kappa shape index (κ1) is 14.8. The van der Waals surface area contributed by atoms with Crippen LogP contribution in [0.25, 0.3) is 0 Å². The molecule has 0 aliphatic heterocycles. The van der Waals surface area contributed by atoms with E-state index in [1.165, 1.54) is 25.1 Å². The fourth-order valence-corrected chi connectivity index (χ4v) is 1.34. The van der Waals surface area contributed by atoms with Gasteiger partial charge in [-0.05, 0) is 13.0 Å². The molecule has 0 N–H and O–H groups in total. The average Bonchev–Trinajstić information content (AvgIpc) is 2.29. The van der Waals surface area contributed by atoms with Gasteiger partial charge in [0.15, 0.2) is 5.92 Å². The molecule has 1 rings (SSSR count). The second-order valence-corrected chi connectivity index (χ2v) is 3.69. The lowest BCUT2D eigenvalue weighted by Gasteiger charge is -2.15. The van der Waals surface area contributed by atoms with Crippen molar-refractivity contribution in [1.82, 2.24) is 0 Å². The number of rotatable bonds is 4. The van der Waals surface area contributed by atoms with Gasteiger partial charge in [-0.25, -0.2) is 0 Å². The maximum atomic E-state index is 12.3. The molecule has 0 radical (unpaired) electrons. The van der Waals surface area contributed by atoms with Gasteiger partial charge < -0.3 is 4.74 Å². The van der Waals surface area contributed by atoms with Crippen molar-refractivity contribution in [1.29, 1.82) is 5.26 Å². The summed E-state index contributed by atoms with van der Waals surface area (Å²) in [5.74, 6) is -2.31. The Labute approximate surface area is 106 Å². The molecule has 1 aromatic carbocycles. The zero-order chi connectivity index (χ0) is 14.6. The summed E-state index contributed by atoms with van der Waals surface area (Å²) < 4.78 is 41.8. The Morgan fingerprint density at radius 1 is 1.53 bits per heavy atom. The molecule has 0 bridgehead atoms. The first-order valence-electron chi connectivity index (χ1n) is 5.10. The smallest absolute Gasteiger partial charge is 0.407 e. The van der Waals surface area contributed by atoms with Gasteiger partial charge in [-0.15, -0.1) is 0 Å². The Morgan fingerprint density at radius 2 is 2.16 bits per heavy atom. The summed E-state index contributed by atoms with van der Waals surface area (Å²) in [5, 5.41) is 19.0. The van der Waals surface area contributed by atoms with Crippen LogP contribution >= 0.6 is 0 Å². The molecule has 5 nitrogen and oxygen atoms in total. The lowest BCUT2D eigenvalue weighted by Crippen LogP contribution is -2.27. The number of hydrogen-bond donors (Lipinski definition) is 0. The second-order valence-electron chi connectivity index (χ2n) is 3.69. The lowest BCUT2D eigenvalue weighted by molar-refractivity contribution is -0.385. The van der Waals surface area contributed by atoms with E-state index < -0.39 is 23.6 Å². The van der Waals surface area contributed by atoms with Crippen LogP contribution in [0, 0.1) is 34.3 Å². The zero-order valence-electron chi connectivity index (χ0n) is 9.77. The monoisotopic (exact) mass is 274 g/mol. The van der Waals surface area contributed by atoms with E-state index in [-0.39, 0.29) is 17.0 Å². The molecule has 1 unspecified atom stereocenters. The molecule has 102 valence electrons. The van der Waals surface area contributed by atoms with E-state index in [9.17, 15) is 23.3 Å². The number of nitriles is 1. The van der Waals surface area contributed by atoms with Gasteiger partial charge in [0.1, 0.15) is 12.4 Å². The van der Waals surface area contributed by atoms with Crippen LogP contribution in [-0.4, -0.2) is 17.7 Å². The number of benzene rings is 1. The molecule has 0 fully saturated rings. The third-order valence-electron chi connectivity index (χ3n) is 2.41. The Hall–Kier alpha value is -2.30. The van der Waals surface area contributed by atoms with E-state index >= 15 is 0 Å². The third kappa shape index (κ3) is 3.58. The van der Waals surface area contributed by atoms with Crippen LogP contribution in [0.4, 0.5) is 18.9 Å². The summed E-state index contributed by atoms with van der Waals surface area (Å²) in [4.78, 5) is 9.99. The molecule has 0 saturated heterocycles. The van der Waals surface area contributed by atoms with Gasteiger partial charge in [-0.2, -0.15) is 18.4 Å². The van der Waals surface area contributed by atoms with Crippen LogP contribution in [0.5, 0.6) is 5.75 Å². The molecule has 0 aliphatic carbocycles. The molecule has 1 atom stereocenters. The average molecular weight is 274 g/mol. The SMILES string of the molecule is Cc1c(OCC(C#N)C(F)(F)F)cccc1[N+](=O)[O-]. The highest BCUT2D eigenvalue weighted by Crippen LogP contribution is 2.30. The number of halogens is 3. The maximum Gasteiger partial charge on any atom is 0.407 e. The number of hydrogen-bond acceptors (Lipinski definition) is 4. The van der Waals surface area contributed by atoms with E-state index in [0.717, 1.165) is 6.07 Å². The lowest BCUT2D eigenvalue weighted by atomic mass is 10.1. The van der Waals surface area contributed by atoms with Crippen molar-refractivity contribution in [3.05, 3.63) is 33.9 Å². The maximum absolute atomic E-state index is 12.3. The minimum Gasteiger partial charge on any atom is -0.491 e. The highest BCUT2D eigenvalue weighted by molar-refractivity contribution is 5.48. The van der Waals surface area contributed by atoms with Gasteiger partial charge in [0.05, 0.1) is 16.6 Å². The Balaban J connectivity index is 2.88. The molecule has 0 aromatic heterocycles. The minimum atomic E-state index is -4.69. The zero-order valence-corrected chi connectivity index (χ0v) is 9.77. The van der Waals surface area contributed by atoms with E-state index in [1.54, 1.807) is 0 Å². The van der Waals surface area contributed by atoms with Crippen molar-refractivity contribution >= 4 is 5.69 Å². The molecule has 0 heterocycles. The van der Waals surface area contributed by atoms with Gasteiger partial charge in [-0.3, -0.25) is 10.1 Å². The fourth-order valence-electron chi connectivity index (χ4n) is 1.34. The highest BCUT2D eigenvalue weighted by atomic mass is 19.4. The van der Waals surface area contributed by atoms with Crippen molar-refractivity contribution in [2.75, 3.05) is 6.61 Å². The molecule has 0 saturated carbocycles. The Bertz CT molecular complexity index is 523. The quantitative estimate of drug-likeness (QED) is 0.624. The number of nitro groups is 1. The number of ether oxygens (including phenoxy) is 1. The van der Waals surface area contributed by atoms with Crippen LogP contribution in [0.15, 0.2) is 18.2 Å². The molecule has 19 heavy (non-hydrogen) atoms. The summed E-state index contributed by atoms with van der Waals surface area (Å²) >= 11 is 0. The van der Waals surface area contributed by atoms with Crippen molar-refractivity contribution in [3.63, 3.8) is 0 Å². The predicted molar refractivity (Wildman–Crippen MR) is 58.5 cm³/mol. The summed E-state index contributed by atoms with van der Waals surface area (Å²) in [5.41, 5.74) is -0.135. The molecule has 0 amide bonds. The van der Waals surface area contributed by atoms with Crippen molar-refractivity contribution < 1.29 is 22.8 Å². The van der Waals surface area contributed by atoms with E-state index in [1.807, 2.05) is 0 Å². The van der Waals surface area contributed by atoms with Gasteiger partial charge in [-0.1, -0.05) is 6.07 Å². The van der Waals surface area contributed by atoms with Gasteiger partial charge in [0.2, 0.25) is 0 Å².